The maximum atomic E-state index is 11.7. The SMILES string of the molecule is CCC(CC)C(=O)NC(=O)NC(=O)Nc1ccc(C)cc1. The van der Waals surface area contributed by atoms with Crippen LogP contribution in [0.15, 0.2) is 24.3 Å². The van der Waals surface area contributed by atoms with Gasteiger partial charge in [0, 0.05) is 11.6 Å². The molecule has 1 rings (SSSR count). The number of urea groups is 2. The summed E-state index contributed by atoms with van der Waals surface area (Å²) < 4.78 is 0. The number of carbonyl (C=O) groups is 3. The second-order valence-electron chi connectivity index (χ2n) is 4.78. The Kier molecular flexibility index (Phi) is 6.39. The van der Waals surface area contributed by atoms with Gasteiger partial charge in [-0.15, -0.1) is 0 Å². The smallest absolute Gasteiger partial charge is 0.308 e. The minimum Gasteiger partial charge on any atom is -0.308 e. The summed E-state index contributed by atoms with van der Waals surface area (Å²) in [5.74, 6) is -0.600. The van der Waals surface area contributed by atoms with E-state index in [1.165, 1.54) is 0 Å². The third kappa shape index (κ3) is 5.64. The molecule has 0 aliphatic heterocycles. The van der Waals surface area contributed by atoms with Crippen LogP contribution in [0.5, 0.6) is 0 Å². The molecule has 1 aromatic carbocycles. The highest BCUT2D eigenvalue weighted by Gasteiger charge is 2.17. The highest BCUT2D eigenvalue weighted by molar-refractivity contribution is 6.05. The van der Waals surface area contributed by atoms with Gasteiger partial charge in [-0.1, -0.05) is 31.5 Å². The zero-order valence-electron chi connectivity index (χ0n) is 12.5. The summed E-state index contributed by atoms with van der Waals surface area (Å²) in [5, 5.41) is 6.72. The van der Waals surface area contributed by atoms with E-state index >= 15 is 0 Å². The molecule has 21 heavy (non-hydrogen) atoms. The highest BCUT2D eigenvalue weighted by Crippen LogP contribution is 2.08. The first-order valence-corrected chi connectivity index (χ1v) is 6.95. The van der Waals surface area contributed by atoms with Gasteiger partial charge in [0.25, 0.3) is 0 Å². The minimum atomic E-state index is -0.823. The van der Waals surface area contributed by atoms with Crippen LogP contribution in [0.2, 0.25) is 0 Å². The van der Waals surface area contributed by atoms with Crippen molar-refractivity contribution in [3.63, 3.8) is 0 Å². The topological polar surface area (TPSA) is 87.3 Å². The van der Waals surface area contributed by atoms with E-state index < -0.39 is 12.1 Å². The van der Waals surface area contributed by atoms with Crippen LogP contribution in [0.1, 0.15) is 32.3 Å². The number of rotatable bonds is 4. The van der Waals surface area contributed by atoms with Crippen LogP contribution < -0.4 is 16.0 Å². The molecule has 0 spiro atoms. The summed E-state index contributed by atoms with van der Waals surface area (Å²) in [6, 6.07) is 5.62. The van der Waals surface area contributed by atoms with Gasteiger partial charge in [-0.05, 0) is 31.9 Å². The molecule has 0 saturated carbocycles. The molecule has 3 N–H and O–H groups in total. The fourth-order valence-corrected chi connectivity index (χ4v) is 1.81. The molecule has 0 unspecified atom stereocenters. The van der Waals surface area contributed by atoms with E-state index in [4.69, 9.17) is 0 Å². The molecule has 0 radical (unpaired) electrons. The van der Waals surface area contributed by atoms with Crippen molar-refractivity contribution >= 4 is 23.7 Å². The summed E-state index contributed by atoms with van der Waals surface area (Å²) in [6.07, 6.45) is 1.29. The average Bonchev–Trinajstić information content (AvgIpc) is 2.42. The Hall–Kier alpha value is -2.37. The van der Waals surface area contributed by atoms with Crippen molar-refractivity contribution in [3.05, 3.63) is 29.8 Å². The third-order valence-electron chi connectivity index (χ3n) is 3.13. The van der Waals surface area contributed by atoms with Crippen molar-refractivity contribution in [2.75, 3.05) is 5.32 Å². The number of anilines is 1. The largest absolute Gasteiger partial charge is 0.329 e. The van der Waals surface area contributed by atoms with Gasteiger partial charge in [-0.3, -0.25) is 15.4 Å². The van der Waals surface area contributed by atoms with E-state index in [0.717, 1.165) is 5.56 Å². The molecule has 6 heteroatoms. The van der Waals surface area contributed by atoms with E-state index in [1.54, 1.807) is 12.1 Å². The van der Waals surface area contributed by atoms with E-state index in [-0.39, 0.29) is 11.8 Å². The standard InChI is InChI=1S/C15H21N3O3/c1-4-11(5-2)13(19)17-15(21)18-14(20)16-12-8-6-10(3)7-9-12/h6-9,11H,4-5H2,1-3H3,(H3,16,17,18,19,20,21). The molecular formula is C15H21N3O3. The van der Waals surface area contributed by atoms with Gasteiger partial charge >= 0.3 is 12.1 Å². The van der Waals surface area contributed by atoms with Gasteiger partial charge < -0.3 is 5.32 Å². The van der Waals surface area contributed by atoms with Gasteiger partial charge in [0.1, 0.15) is 0 Å². The molecule has 0 fully saturated rings. The summed E-state index contributed by atoms with van der Waals surface area (Å²) in [4.78, 5) is 34.8. The summed E-state index contributed by atoms with van der Waals surface area (Å²) in [5.41, 5.74) is 1.63. The van der Waals surface area contributed by atoms with Crippen LogP contribution in [-0.2, 0) is 4.79 Å². The summed E-state index contributed by atoms with van der Waals surface area (Å²) in [7, 11) is 0. The van der Waals surface area contributed by atoms with Crippen LogP contribution >= 0.6 is 0 Å². The quantitative estimate of drug-likeness (QED) is 0.797. The third-order valence-corrected chi connectivity index (χ3v) is 3.13. The number of amides is 5. The molecule has 6 nitrogen and oxygen atoms in total. The lowest BCUT2D eigenvalue weighted by molar-refractivity contribution is -0.124. The van der Waals surface area contributed by atoms with Crippen molar-refractivity contribution in [3.8, 4) is 0 Å². The fourth-order valence-electron chi connectivity index (χ4n) is 1.81. The van der Waals surface area contributed by atoms with Gasteiger partial charge in [-0.25, -0.2) is 9.59 Å². The summed E-state index contributed by atoms with van der Waals surface area (Å²) >= 11 is 0. The second-order valence-corrected chi connectivity index (χ2v) is 4.78. The van der Waals surface area contributed by atoms with Crippen LogP contribution in [0.25, 0.3) is 0 Å². The van der Waals surface area contributed by atoms with Crippen molar-refractivity contribution < 1.29 is 14.4 Å². The van der Waals surface area contributed by atoms with Crippen molar-refractivity contribution in [1.82, 2.24) is 10.6 Å². The van der Waals surface area contributed by atoms with Crippen LogP contribution in [-0.4, -0.2) is 18.0 Å². The van der Waals surface area contributed by atoms with Crippen molar-refractivity contribution in [2.24, 2.45) is 5.92 Å². The molecule has 5 amide bonds. The van der Waals surface area contributed by atoms with Gasteiger partial charge in [0.15, 0.2) is 0 Å². The maximum absolute atomic E-state index is 11.7. The Morgan fingerprint density at radius 2 is 1.52 bits per heavy atom. The van der Waals surface area contributed by atoms with E-state index in [0.29, 0.717) is 18.5 Å². The molecule has 114 valence electrons. The molecule has 0 bridgehead atoms. The highest BCUT2D eigenvalue weighted by atomic mass is 16.2. The van der Waals surface area contributed by atoms with Crippen LogP contribution in [0.4, 0.5) is 15.3 Å². The van der Waals surface area contributed by atoms with E-state index in [1.807, 2.05) is 32.9 Å². The zero-order valence-corrected chi connectivity index (χ0v) is 12.5. The van der Waals surface area contributed by atoms with E-state index in [2.05, 4.69) is 16.0 Å². The number of imide groups is 2. The molecule has 0 aromatic heterocycles. The molecule has 0 aliphatic rings. The molecule has 1 aromatic rings. The second kappa shape index (κ2) is 8.04. The molecule has 0 saturated heterocycles. The molecule has 0 heterocycles. The normalized spacial score (nSPS) is 10.1. The first-order chi connectivity index (χ1) is 9.96. The lowest BCUT2D eigenvalue weighted by Crippen LogP contribution is -2.46. The Morgan fingerprint density at radius 3 is 2.05 bits per heavy atom. The fraction of sp³-hybridized carbons (Fsp3) is 0.400. The number of aryl methyl sites for hydroxylation is 1. The Balaban J connectivity index is 2.45. The van der Waals surface area contributed by atoms with E-state index in [9.17, 15) is 14.4 Å². The minimum absolute atomic E-state index is 0.226. The average molecular weight is 291 g/mol. The monoisotopic (exact) mass is 291 g/mol. The first-order valence-electron chi connectivity index (χ1n) is 6.95. The first kappa shape index (κ1) is 16.7. The molecule has 0 aliphatic carbocycles. The molecule has 0 atom stereocenters. The Labute approximate surface area is 124 Å². The van der Waals surface area contributed by atoms with Crippen LogP contribution in [0.3, 0.4) is 0 Å². The summed E-state index contributed by atoms with van der Waals surface area (Å²) in [6.45, 7) is 5.67. The number of carbonyl (C=O) groups excluding carboxylic acids is 3. The van der Waals surface area contributed by atoms with Gasteiger partial charge in [-0.2, -0.15) is 0 Å². The lowest BCUT2D eigenvalue weighted by Gasteiger charge is -2.12. The van der Waals surface area contributed by atoms with Crippen molar-refractivity contribution in [1.29, 1.82) is 0 Å². The molecular weight excluding hydrogens is 270 g/mol. The number of hydrogen-bond acceptors (Lipinski definition) is 3. The van der Waals surface area contributed by atoms with Crippen molar-refractivity contribution in [2.45, 2.75) is 33.6 Å². The number of hydrogen-bond donors (Lipinski definition) is 3. The Bertz CT molecular complexity index is 507. The lowest BCUT2D eigenvalue weighted by atomic mass is 10.0. The van der Waals surface area contributed by atoms with Gasteiger partial charge in [0.05, 0.1) is 0 Å². The number of benzene rings is 1. The predicted octanol–water partition coefficient (Wildman–Crippen LogP) is 2.79. The Morgan fingerprint density at radius 1 is 0.952 bits per heavy atom. The number of nitrogens with one attached hydrogen (secondary N) is 3. The van der Waals surface area contributed by atoms with Crippen LogP contribution in [0, 0.1) is 12.8 Å². The predicted molar refractivity (Wildman–Crippen MR) is 80.9 cm³/mol. The zero-order chi connectivity index (χ0) is 15.8. The van der Waals surface area contributed by atoms with Gasteiger partial charge in [0.2, 0.25) is 5.91 Å². The maximum Gasteiger partial charge on any atom is 0.329 e.